The van der Waals surface area contributed by atoms with Gasteiger partial charge in [-0.25, -0.2) is 0 Å². The Hall–Kier alpha value is -1.61. The van der Waals surface area contributed by atoms with E-state index in [1.54, 1.807) is 14.2 Å². The molecule has 2 aromatic rings. The van der Waals surface area contributed by atoms with E-state index in [1.807, 2.05) is 66.5 Å². The fourth-order valence-electron chi connectivity index (χ4n) is 2.66. The number of guanidine groups is 1. The van der Waals surface area contributed by atoms with Gasteiger partial charge in [-0.05, 0) is 11.6 Å². The van der Waals surface area contributed by atoms with Crippen LogP contribution in [0.15, 0.2) is 59.6 Å². The van der Waals surface area contributed by atoms with Crippen molar-refractivity contribution in [1.82, 2.24) is 10.2 Å². The first-order valence-electron chi connectivity index (χ1n) is 8.56. The van der Waals surface area contributed by atoms with Crippen LogP contribution in [0.4, 0.5) is 0 Å². The van der Waals surface area contributed by atoms with Crippen LogP contribution in [0.5, 0.6) is 5.75 Å². The molecule has 27 heavy (non-hydrogen) atoms. The van der Waals surface area contributed by atoms with Crippen molar-refractivity contribution < 1.29 is 8.95 Å². The van der Waals surface area contributed by atoms with Crippen LogP contribution in [-0.4, -0.2) is 48.6 Å². The molecule has 0 aromatic heterocycles. The third-order valence-electron chi connectivity index (χ3n) is 3.96. The van der Waals surface area contributed by atoms with E-state index in [0.717, 1.165) is 22.8 Å². The topological polar surface area (TPSA) is 53.9 Å². The summed E-state index contributed by atoms with van der Waals surface area (Å²) in [5.41, 5.74) is 2.19. The first kappa shape index (κ1) is 23.4. The number of aliphatic imine (C=N–C) groups is 1. The smallest absolute Gasteiger partial charge is 0.193 e. The zero-order chi connectivity index (χ0) is 18.8. The zero-order valence-corrected chi connectivity index (χ0v) is 19.2. The van der Waals surface area contributed by atoms with Crippen molar-refractivity contribution in [3.63, 3.8) is 0 Å². The molecule has 5 nitrogen and oxygen atoms in total. The Morgan fingerprint density at radius 1 is 1.15 bits per heavy atom. The largest absolute Gasteiger partial charge is 0.496 e. The van der Waals surface area contributed by atoms with Gasteiger partial charge in [-0.15, -0.1) is 24.0 Å². The van der Waals surface area contributed by atoms with Crippen molar-refractivity contribution in [2.75, 3.05) is 33.5 Å². The van der Waals surface area contributed by atoms with Crippen LogP contribution in [-0.2, 0) is 23.1 Å². The van der Waals surface area contributed by atoms with Crippen molar-refractivity contribution in [2.45, 2.75) is 12.3 Å². The van der Waals surface area contributed by atoms with Crippen molar-refractivity contribution >= 4 is 40.7 Å². The van der Waals surface area contributed by atoms with Crippen LogP contribution in [0.2, 0.25) is 0 Å². The number of halogens is 1. The molecule has 7 heteroatoms. The average Bonchev–Trinajstić information content (AvgIpc) is 2.66. The molecule has 0 bridgehead atoms. The number of para-hydroxylation sites is 1. The predicted octanol–water partition coefficient (Wildman–Crippen LogP) is 3.27. The Balaban J connectivity index is 0.00000364. The fourth-order valence-corrected chi connectivity index (χ4v) is 3.70. The number of nitrogens with zero attached hydrogens (tertiary/aromatic N) is 2. The molecule has 1 N–H and O–H groups in total. The van der Waals surface area contributed by atoms with E-state index >= 15 is 0 Å². The maximum atomic E-state index is 12.2. The number of methoxy groups -OCH3 is 1. The summed E-state index contributed by atoms with van der Waals surface area (Å²) in [5, 5.41) is 3.29. The Morgan fingerprint density at radius 3 is 2.48 bits per heavy atom. The summed E-state index contributed by atoms with van der Waals surface area (Å²) in [4.78, 5) is 6.34. The van der Waals surface area contributed by atoms with Gasteiger partial charge in [0.15, 0.2) is 5.96 Å². The number of nitrogens with one attached hydrogen (secondary N) is 1. The maximum Gasteiger partial charge on any atom is 0.193 e. The summed E-state index contributed by atoms with van der Waals surface area (Å²) < 4.78 is 17.6. The molecule has 0 spiro atoms. The molecule has 0 heterocycles. The van der Waals surface area contributed by atoms with Crippen LogP contribution in [0.1, 0.15) is 11.1 Å². The van der Waals surface area contributed by atoms with Gasteiger partial charge in [0.2, 0.25) is 0 Å². The van der Waals surface area contributed by atoms with Crippen LogP contribution >= 0.6 is 24.0 Å². The van der Waals surface area contributed by atoms with Gasteiger partial charge in [0, 0.05) is 55.1 Å². The number of ether oxygens (including phenoxy) is 1. The molecule has 2 aromatic carbocycles. The number of rotatable bonds is 8. The Labute approximate surface area is 181 Å². The molecule has 0 aliphatic carbocycles. The highest BCUT2D eigenvalue weighted by Gasteiger charge is 2.10. The zero-order valence-electron chi connectivity index (χ0n) is 16.1. The monoisotopic (exact) mass is 501 g/mol. The highest BCUT2D eigenvalue weighted by molar-refractivity contribution is 14.0. The van der Waals surface area contributed by atoms with Crippen molar-refractivity contribution in [3.05, 3.63) is 65.7 Å². The lowest BCUT2D eigenvalue weighted by molar-refractivity contribution is 0.396. The lowest BCUT2D eigenvalue weighted by atomic mass is 10.2. The molecule has 148 valence electrons. The predicted molar refractivity (Wildman–Crippen MR) is 124 cm³/mol. The van der Waals surface area contributed by atoms with Gasteiger partial charge < -0.3 is 15.0 Å². The number of benzene rings is 2. The normalized spacial score (nSPS) is 12.0. The Morgan fingerprint density at radius 2 is 1.81 bits per heavy atom. The van der Waals surface area contributed by atoms with E-state index in [9.17, 15) is 4.21 Å². The van der Waals surface area contributed by atoms with Gasteiger partial charge in [-0.1, -0.05) is 48.5 Å². The minimum absolute atomic E-state index is 0. The van der Waals surface area contributed by atoms with E-state index in [-0.39, 0.29) is 24.0 Å². The fraction of sp³-hybridized carbons (Fsp3) is 0.350. The summed E-state index contributed by atoms with van der Waals surface area (Å²) in [6, 6.07) is 17.9. The van der Waals surface area contributed by atoms with Crippen molar-refractivity contribution in [3.8, 4) is 5.75 Å². The van der Waals surface area contributed by atoms with Crippen LogP contribution in [0, 0.1) is 0 Å². The second-order valence-corrected chi connectivity index (χ2v) is 7.49. The summed E-state index contributed by atoms with van der Waals surface area (Å²) in [5.74, 6) is 2.79. The minimum atomic E-state index is -0.902. The molecule has 0 saturated heterocycles. The molecule has 0 aliphatic rings. The molecule has 2 rings (SSSR count). The highest BCUT2D eigenvalue weighted by atomic mass is 127. The van der Waals surface area contributed by atoms with Gasteiger partial charge >= 0.3 is 0 Å². The quantitative estimate of drug-likeness (QED) is 0.343. The summed E-state index contributed by atoms with van der Waals surface area (Å²) in [7, 11) is 4.50. The van der Waals surface area contributed by atoms with E-state index < -0.39 is 10.8 Å². The van der Waals surface area contributed by atoms with E-state index in [4.69, 9.17) is 4.74 Å². The van der Waals surface area contributed by atoms with Gasteiger partial charge in [-0.3, -0.25) is 9.20 Å². The molecule has 0 amide bonds. The van der Waals surface area contributed by atoms with E-state index in [2.05, 4.69) is 10.3 Å². The second-order valence-electron chi connectivity index (χ2n) is 5.92. The minimum Gasteiger partial charge on any atom is -0.496 e. The number of hydrogen-bond donors (Lipinski definition) is 1. The summed E-state index contributed by atoms with van der Waals surface area (Å²) >= 11 is 0. The van der Waals surface area contributed by atoms with Crippen LogP contribution < -0.4 is 10.1 Å². The molecule has 0 aliphatic heterocycles. The van der Waals surface area contributed by atoms with Gasteiger partial charge in [0.25, 0.3) is 0 Å². The van der Waals surface area contributed by atoms with Crippen molar-refractivity contribution in [1.29, 1.82) is 0 Å². The molecule has 1 atom stereocenters. The Bertz CT molecular complexity index is 741. The molecule has 0 fully saturated rings. The van der Waals surface area contributed by atoms with E-state index in [1.165, 1.54) is 0 Å². The van der Waals surface area contributed by atoms with Gasteiger partial charge in [0.1, 0.15) is 5.75 Å². The lowest BCUT2D eigenvalue weighted by Crippen LogP contribution is -2.40. The third kappa shape index (κ3) is 7.88. The highest BCUT2D eigenvalue weighted by Crippen LogP contribution is 2.18. The third-order valence-corrected chi connectivity index (χ3v) is 5.27. The first-order valence-corrected chi connectivity index (χ1v) is 10.1. The average molecular weight is 501 g/mol. The standard InChI is InChI=1S/C20H27N3O2S.HI/c1-21-20(23(2)15-18-11-7-8-12-19(18)25-3)22-13-14-26(24)16-17-9-5-4-6-10-17;/h4-12H,13-16H2,1-3H3,(H,21,22);1H. The molecule has 0 saturated carbocycles. The summed E-state index contributed by atoms with van der Waals surface area (Å²) in [6.07, 6.45) is 0. The molecule has 1 unspecified atom stereocenters. The van der Waals surface area contributed by atoms with Gasteiger partial charge in [-0.2, -0.15) is 0 Å². The molecule has 0 radical (unpaired) electrons. The Kier molecular flexibility index (Phi) is 11.0. The maximum absolute atomic E-state index is 12.2. The van der Waals surface area contributed by atoms with E-state index in [0.29, 0.717) is 24.6 Å². The molecular weight excluding hydrogens is 473 g/mol. The second kappa shape index (κ2) is 12.7. The summed E-state index contributed by atoms with van der Waals surface area (Å²) in [6.45, 7) is 1.29. The molecular formula is C20H28IN3O2S. The number of hydrogen-bond acceptors (Lipinski definition) is 3. The van der Waals surface area contributed by atoms with Gasteiger partial charge in [0.05, 0.1) is 7.11 Å². The first-order chi connectivity index (χ1) is 12.6. The van der Waals surface area contributed by atoms with Crippen LogP contribution in [0.3, 0.4) is 0 Å². The van der Waals surface area contributed by atoms with Crippen LogP contribution in [0.25, 0.3) is 0 Å². The lowest BCUT2D eigenvalue weighted by Gasteiger charge is -2.23. The SMILES string of the molecule is CN=C(NCCS(=O)Cc1ccccc1)N(C)Cc1ccccc1OC.I. The van der Waals surface area contributed by atoms with Crippen molar-refractivity contribution in [2.24, 2.45) is 4.99 Å².